The molecule has 0 aromatic rings. The predicted molar refractivity (Wildman–Crippen MR) is 111 cm³/mol. The third kappa shape index (κ3) is 5.46. The highest BCUT2D eigenvalue weighted by atomic mass is 17.3. The maximum absolute atomic E-state index is 6.25. The maximum atomic E-state index is 6.25. The average molecular weight is 387 g/mol. The van der Waals surface area contributed by atoms with Crippen molar-refractivity contribution in [3.63, 3.8) is 0 Å². The topological polar surface area (TPSA) is 36.9 Å². The molecule has 1 aliphatic carbocycles. The van der Waals surface area contributed by atoms with Crippen LogP contribution in [0.5, 0.6) is 0 Å². The number of hydrogen-bond acceptors (Lipinski definition) is 4. The summed E-state index contributed by atoms with van der Waals surface area (Å²) in [5, 5.41) is 0. The fourth-order valence-corrected chi connectivity index (χ4v) is 4.39. The molecule has 4 heteroatoms. The van der Waals surface area contributed by atoms with Gasteiger partial charge in [-0.15, -0.1) is 0 Å². The molecule has 1 atom stereocenters. The van der Waals surface area contributed by atoms with Crippen LogP contribution >= 0.6 is 0 Å². The van der Waals surface area contributed by atoms with Gasteiger partial charge in [-0.05, 0) is 57.3 Å². The van der Waals surface area contributed by atoms with Crippen molar-refractivity contribution in [3.05, 3.63) is 0 Å². The van der Waals surface area contributed by atoms with Gasteiger partial charge in [-0.25, -0.2) is 9.78 Å². The van der Waals surface area contributed by atoms with Crippen LogP contribution in [0.15, 0.2) is 0 Å². The van der Waals surface area contributed by atoms with Gasteiger partial charge in [0.05, 0.1) is 0 Å². The van der Waals surface area contributed by atoms with Crippen molar-refractivity contribution in [2.24, 2.45) is 11.3 Å². The third-order valence-electron chi connectivity index (χ3n) is 7.43. The molecular formula is C23H46O4. The molecule has 0 amide bonds. The fraction of sp³-hybridized carbons (Fsp3) is 1.00. The second-order valence-corrected chi connectivity index (χ2v) is 9.31. The molecule has 162 valence electrons. The molecule has 1 fully saturated rings. The van der Waals surface area contributed by atoms with E-state index in [1.54, 1.807) is 0 Å². The molecule has 1 saturated carbocycles. The van der Waals surface area contributed by atoms with Gasteiger partial charge in [0, 0.05) is 11.8 Å². The van der Waals surface area contributed by atoms with E-state index in [1.165, 1.54) is 0 Å². The summed E-state index contributed by atoms with van der Waals surface area (Å²) in [5.74, 6) is -0.239. The first-order chi connectivity index (χ1) is 12.6. The van der Waals surface area contributed by atoms with Crippen LogP contribution in [-0.2, 0) is 19.6 Å². The molecule has 0 aliphatic heterocycles. The SMILES string of the molecule is CCC(CC)(CC)OOC1(OOC(CC)(CC)CC)CCC(C)CC1(C)C. The van der Waals surface area contributed by atoms with Crippen molar-refractivity contribution in [3.8, 4) is 0 Å². The highest BCUT2D eigenvalue weighted by Crippen LogP contribution is 2.51. The summed E-state index contributed by atoms with van der Waals surface area (Å²) in [6.07, 6.45) is 8.33. The van der Waals surface area contributed by atoms with E-state index in [1.807, 2.05) is 0 Å². The molecule has 1 aliphatic rings. The van der Waals surface area contributed by atoms with Crippen LogP contribution in [0.1, 0.15) is 120 Å². The fourth-order valence-electron chi connectivity index (χ4n) is 4.39. The van der Waals surface area contributed by atoms with E-state index in [0.717, 1.165) is 57.8 Å². The van der Waals surface area contributed by atoms with Crippen molar-refractivity contribution in [2.45, 2.75) is 137 Å². The zero-order valence-corrected chi connectivity index (χ0v) is 19.6. The molecule has 1 rings (SSSR count). The molecule has 0 radical (unpaired) electrons. The Morgan fingerprint density at radius 2 is 1.11 bits per heavy atom. The zero-order valence-electron chi connectivity index (χ0n) is 19.6. The largest absolute Gasteiger partial charge is 0.239 e. The molecule has 0 bridgehead atoms. The quantitative estimate of drug-likeness (QED) is 0.199. The van der Waals surface area contributed by atoms with Crippen LogP contribution in [0, 0.1) is 11.3 Å². The Morgan fingerprint density at radius 1 is 0.741 bits per heavy atom. The highest BCUT2D eigenvalue weighted by Gasteiger charge is 2.55. The van der Waals surface area contributed by atoms with Crippen LogP contribution < -0.4 is 0 Å². The van der Waals surface area contributed by atoms with E-state index in [9.17, 15) is 0 Å². The summed E-state index contributed by atoms with van der Waals surface area (Å²) >= 11 is 0. The minimum Gasteiger partial charge on any atom is -0.227 e. The van der Waals surface area contributed by atoms with Crippen molar-refractivity contribution < 1.29 is 19.6 Å². The summed E-state index contributed by atoms with van der Waals surface area (Å²) in [5.41, 5.74) is -0.744. The van der Waals surface area contributed by atoms with Gasteiger partial charge in [-0.3, -0.25) is 0 Å². The Morgan fingerprint density at radius 3 is 1.41 bits per heavy atom. The number of rotatable bonds is 12. The zero-order chi connectivity index (χ0) is 20.8. The lowest BCUT2D eigenvalue weighted by atomic mass is 9.68. The molecule has 0 aromatic heterocycles. The monoisotopic (exact) mass is 386 g/mol. The lowest BCUT2D eigenvalue weighted by Gasteiger charge is -2.50. The van der Waals surface area contributed by atoms with Crippen LogP contribution in [0.25, 0.3) is 0 Å². The molecular weight excluding hydrogens is 340 g/mol. The van der Waals surface area contributed by atoms with E-state index in [4.69, 9.17) is 19.6 Å². The van der Waals surface area contributed by atoms with Gasteiger partial charge in [0.2, 0.25) is 5.79 Å². The predicted octanol–water partition coefficient (Wildman–Crippen LogP) is 7.36. The standard InChI is InChI=1S/C23H46O4/c1-10-21(11-2,12-3)24-26-23(17-16-19(7)18-20(23,8)9)27-25-22(13-4,14-5)15-6/h19H,10-18H2,1-9H3. The van der Waals surface area contributed by atoms with Crippen LogP contribution in [0.4, 0.5) is 0 Å². The Labute approximate surface area is 168 Å². The van der Waals surface area contributed by atoms with Gasteiger partial charge in [-0.2, -0.15) is 9.78 Å². The molecule has 0 spiro atoms. The first kappa shape index (κ1) is 24.9. The Kier molecular flexibility index (Phi) is 9.26. The molecule has 0 aromatic carbocycles. The molecule has 0 saturated heterocycles. The summed E-state index contributed by atoms with van der Waals surface area (Å²) in [4.78, 5) is 24.8. The second kappa shape index (κ2) is 10.0. The van der Waals surface area contributed by atoms with Crippen molar-refractivity contribution in [1.82, 2.24) is 0 Å². The van der Waals surface area contributed by atoms with Gasteiger partial charge in [0.25, 0.3) is 0 Å². The Hall–Kier alpha value is -0.160. The van der Waals surface area contributed by atoms with Gasteiger partial charge < -0.3 is 0 Å². The van der Waals surface area contributed by atoms with E-state index in [2.05, 4.69) is 62.3 Å². The minimum atomic E-state index is -0.880. The smallest absolute Gasteiger partial charge is 0.227 e. The summed E-state index contributed by atoms with van der Waals surface area (Å²) in [6.45, 7) is 19.7. The molecule has 1 unspecified atom stereocenters. The molecule has 0 heterocycles. The Balaban J connectivity index is 3.10. The second-order valence-electron chi connectivity index (χ2n) is 9.31. The molecule has 0 N–H and O–H groups in total. The average Bonchev–Trinajstić information content (AvgIpc) is 2.67. The highest BCUT2D eigenvalue weighted by molar-refractivity contribution is 4.93. The van der Waals surface area contributed by atoms with Crippen LogP contribution in [0.3, 0.4) is 0 Å². The van der Waals surface area contributed by atoms with Gasteiger partial charge in [0.15, 0.2) is 0 Å². The lowest BCUT2D eigenvalue weighted by Crippen LogP contribution is -2.55. The first-order valence-electron chi connectivity index (χ1n) is 11.4. The minimum absolute atomic E-state index is 0.202. The van der Waals surface area contributed by atoms with Crippen molar-refractivity contribution in [1.29, 1.82) is 0 Å². The van der Waals surface area contributed by atoms with Gasteiger partial charge in [0.1, 0.15) is 11.2 Å². The summed E-state index contributed by atoms with van der Waals surface area (Å²) in [6, 6.07) is 0. The normalized spacial score (nSPS) is 22.8. The van der Waals surface area contributed by atoms with Crippen LogP contribution in [-0.4, -0.2) is 17.0 Å². The number of hydrogen-bond donors (Lipinski definition) is 0. The summed E-state index contributed by atoms with van der Waals surface area (Å²) < 4.78 is 0. The van der Waals surface area contributed by atoms with E-state index in [0.29, 0.717) is 5.92 Å². The van der Waals surface area contributed by atoms with Crippen LogP contribution in [0.2, 0.25) is 0 Å². The Bertz CT molecular complexity index is 384. The van der Waals surface area contributed by atoms with E-state index >= 15 is 0 Å². The molecule has 27 heavy (non-hydrogen) atoms. The van der Waals surface area contributed by atoms with E-state index < -0.39 is 5.79 Å². The lowest BCUT2D eigenvalue weighted by molar-refractivity contribution is -0.573. The van der Waals surface area contributed by atoms with Gasteiger partial charge in [-0.1, -0.05) is 62.3 Å². The van der Waals surface area contributed by atoms with Crippen molar-refractivity contribution >= 4 is 0 Å². The first-order valence-corrected chi connectivity index (χ1v) is 11.4. The van der Waals surface area contributed by atoms with Gasteiger partial charge >= 0.3 is 0 Å². The third-order valence-corrected chi connectivity index (χ3v) is 7.43. The van der Waals surface area contributed by atoms with Crippen molar-refractivity contribution in [2.75, 3.05) is 0 Å². The van der Waals surface area contributed by atoms with E-state index in [-0.39, 0.29) is 16.6 Å². The maximum Gasteiger partial charge on any atom is 0.239 e. The summed E-state index contributed by atoms with van der Waals surface area (Å²) in [7, 11) is 0. The molecule has 4 nitrogen and oxygen atoms in total.